The van der Waals surface area contributed by atoms with E-state index in [0.29, 0.717) is 11.3 Å². The van der Waals surface area contributed by atoms with Gasteiger partial charge in [0.25, 0.3) is 0 Å². The van der Waals surface area contributed by atoms with Crippen LogP contribution in [0.2, 0.25) is 0 Å². The predicted molar refractivity (Wildman–Crippen MR) is 60.9 cm³/mol. The molecule has 0 aromatic heterocycles. The first kappa shape index (κ1) is 11.0. The molecule has 1 aromatic rings. The van der Waals surface area contributed by atoms with Gasteiger partial charge in [-0.15, -0.1) is 11.8 Å². The molecule has 4 nitrogen and oxygen atoms in total. The topological polar surface area (TPSA) is 73.1 Å². The summed E-state index contributed by atoms with van der Waals surface area (Å²) in [6, 6.07) is 8.76. The van der Waals surface area contributed by atoms with Gasteiger partial charge < -0.3 is 5.11 Å². The van der Waals surface area contributed by atoms with Crippen molar-refractivity contribution in [1.29, 1.82) is 5.26 Å². The van der Waals surface area contributed by atoms with E-state index in [2.05, 4.69) is 11.4 Å². The number of rotatable bonds is 2. The third-order valence-electron chi connectivity index (χ3n) is 2.42. The van der Waals surface area contributed by atoms with E-state index in [1.54, 1.807) is 23.9 Å². The van der Waals surface area contributed by atoms with E-state index < -0.39 is 12.0 Å². The van der Waals surface area contributed by atoms with Crippen molar-refractivity contribution in [2.24, 2.45) is 0 Å². The molecule has 0 bridgehead atoms. The number of nitriles is 1. The van der Waals surface area contributed by atoms with Crippen molar-refractivity contribution < 1.29 is 9.90 Å². The third kappa shape index (κ3) is 2.18. The van der Waals surface area contributed by atoms with Gasteiger partial charge in [-0.2, -0.15) is 5.26 Å². The average molecular weight is 234 g/mol. The van der Waals surface area contributed by atoms with Crippen LogP contribution in [0.5, 0.6) is 0 Å². The lowest BCUT2D eigenvalue weighted by molar-refractivity contribution is -0.138. The van der Waals surface area contributed by atoms with Crippen LogP contribution in [0.1, 0.15) is 16.5 Å². The van der Waals surface area contributed by atoms with Crippen LogP contribution in [0.15, 0.2) is 24.3 Å². The fraction of sp³-hybridized carbons (Fsp3) is 0.273. The molecule has 0 radical (unpaired) electrons. The normalized spacial score (nSPS) is 23.9. The highest BCUT2D eigenvalue weighted by Crippen LogP contribution is 2.32. The molecule has 2 N–H and O–H groups in total. The maximum Gasteiger partial charge on any atom is 0.321 e. The number of thioether (sulfide) groups is 1. The van der Waals surface area contributed by atoms with Gasteiger partial charge in [-0.25, -0.2) is 0 Å². The fourth-order valence-electron chi connectivity index (χ4n) is 1.54. The summed E-state index contributed by atoms with van der Waals surface area (Å²) < 4.78 is 0. The molecule has 82 valence electrons. The van der Waals surface area contributed by atoms with E-state index in [4.69, 9.17) is 10.4 Å². The van der Waals surface area contributed by atoms with Gasteiger partial charge in [0.1, 0.15) is 6.04 Å². The summed E-state index contributed by atoms with van der Waals surface area (Å²) >= 11 is 1.57. The van der Waals surface area contributed by atoms with E-state index in [1.165, 1.54) is 0 Å². The lowest BCUT2D eigenvalue weighted by Crippen LogP contribution is -2.33. The van der Waals surface area contributed by atoms with Crippen LogP contribution in [0, 0.1) is 11.3 Å². The summed E-state index contributed by atoms with van der Waals surface area (Å²) in [6.45, 7) is 0. The van der Waals surface area contributed by atoms with E-state index >= 15 is 0 Å². The Hall–Kier alpha value is -1.51. The van der Waals surface area contributed by atoms with Crippen LogP contribution >= 0.6 is 11.8 Å². The molecule has 5 heteroatoms. The molecule has 1 unspecified atom stereocenters. The van der Waals surface area contributed by atoms with Crippen LogP contribution in [-0.2, 0) is 4.79 Å². The highest BCUT2D eigenvalue weighted by Gasteiger charge is 2.30. The van der Waals surface area contributed by atoms with Crippen molar-refractivity contribution in [1.82, 2.24) is 5.32 Å². The first-order valence-electron chi connectivity index (χ1n) is 4.81. The van der Waals surface area contributed by atoms with Gasteiger partial charge in [0, 0.05) is 5.75 Å². The minimum absolute atomic E-state index is 0.00819. The number of hydrogen-bond acceptors (Lipinski definition) is 4. The Kier molecular flexibility index (Phi) is 3.13. The second-order valence-electron chi connectivity index (χ2n) is 3.50. The first-order valence-corrected chi connectivity index (χ1v) is 5.86. The van der Waals surface area contributed by atoms with Crippen molar-refractivity contribution in [3.63, 3.8) is 0 Å². The molecule has 0 saturated carbocycles. The Morgan fingerprint density at radius 2 is 2.19 bits per heavy atom. The van der Waals surface area contributed by atoms with E-state index in [9.17, 15) is 4.79 Å². The molecule has 0 spiro atoms. The van der Waals surface area contributed by atoms with Crippen molar-refractivity contribution >= 4 is 17.7 Å². The summed E-state index contributed by atoms with van der Waals surface area (Å²) in [6.07, 6.45) is 0. The standard InChI is InChI=1S/C11H10N2O2S/c12-5-7-1-3-8(4-2-7)10-13-9(6-16-10)11(14)15/h1-4,9-10,13H,6H2,(H,14,15)/t9-,10?/m1/s1. The summed E-state index contributed by atoms with van der Waals surface area (Å²) in [5.41, 5.74) is 1.62. The van der Waals surface area contributed by atoms with Crippen molar-refractivity contribution in [2.75, 3.05) is 5.75 Å². The van der Waals surface area contributed by atoms with Gasteiger partial charge >= 0.3 is 5.97 Å². The smallest absolute Gasteiger partial charge is 0.321 e. The zero-order chi connectivity index (χ0) is 11.5. The Bertz CT molecular complexity index is 438. The molecule has 2 rings (SSSR count). The summed E-state index contributed by atoms with van der Waals surface area (Å²) in [5.74, 6) is -0.247. The number of carbonyl (C=O) groups is 1. The third-order valence-corrected chi connectivity index (χ3v) is 3.69. The fourth-order valence-corrected chi connectivity index (χ4v) is 2.77. The van der Waals surface area contributed by atoms with E-state index in [1.807, 2.05) is 12.1 Å². The molecule has 1 saturated heterocycles. The molecule has 1 aliphatic rings. The van der Waals surface area contributed by atoms with Crippen molar-refractivity contribution in [3.05, 3.63) is 35.4 Å². The maximum atomic E-state index is 10.8. The van der Waals surface area contributed by atoms with Crippen molar-refractivity contribution in [2.45, 2.75) is 11.4 Å². The summed E-state index contributed by atoms with van der Waals surface area (Å²) in [5, 5.41) is 20.5. The number of carboxylic acid groups (broad SMARTS) is 1. The Morgan fingerprint density at radius 3 is 2.69 bits per heavy atom. The highest BCUT2D eigenvalue weighted by molar-refractivity contribution is 7.99. The van der Waals surface area contributed by atoms with E-state index in [0.717, 1.165) is 5.56 Å². The lowest BCUT2D eigenvalue weighted by Gasteiger charge is -2.10. The van der Waals surface area contributed by atoms with Gasteiger partial charge in [-0.05, 0) is 17.7 Å². The highest BCUT2D eigenvalue weighted by atomic mass is 32.2. The second kappa shape index (κ2) is 4.56. The average Bonchev–Trinajstić information content (AvgIpc) is 2.78. The Morgan fingerprint density at radius 1 is 1.50 bits per heavy atom. The monoisotopic (exact) mass is 234 g/mol. The summed E-state index contributed by atoms with van der Waals surface area (Å²) in [4.78, 5) is 10.8. The Balaban J connectivity index is 2.09. The van der Waals surface area contributed by atoms with Gasteiger partial charge in [0.05, 0.1) is 17.0 Å². The zero-order valence-electron chi connectivity index (χ0n) is 8.38. The molecule has 0 aliphatic carbocycles. The first-order chi connectivity index (χ1) is 7.70. The number of nitrogens with one attached hydrogen (secondary N) is 1. The minimum Gasteiger partial charge on any atom is -0.480 e. The van der Waals surface area contributed by atoms with Crippen LogP contribution in [0.25, 0.3) is 0 Å². The molecule has 1 aliphatic heterocycles. The quantitative estimate of drug-likeness (QED) is 0.808. The van der Waals surface area contributed by atoms with E-state index in [-0.39, 0.29) is 5.37 Å². The lowest BCUT2D eigenvalue weighted by atomic mass is 10.1. The molecule has 0 amide bonds. The SMILES string of the molecule is N#Cc1ccc(C2N[C@@H](C(=O)O)CS2)cc1. The molecule has 1 fully saturated rings. The second-order valence-corrected chi connectivity index (χ2v) is 4.64. The van der Waals surface area contributed by atoms with Crippen LogP contribution < -0.4 is 5.32 Å². The molecule has 1 aromatic carbocycles. The molecule has 2 atom stereocenters. The number of benzene rings is 1. The minimum atomic E-state index is -0.816. The van der Waals surface area contributed by atoms with Gasteiger partial charge in [0.15, 0.2) is 0 Å². The van der Waals surface area contributed by atoms with Crippen LogP contribution in [-0.4, -0.2) is 22.9 Å². The molecule has 16 heavy (non-hydrogen) atoms. The summed E-state index contributed by atoms with van der Waals surface area (Å²) in [7, 11) is 0. The molecule has 1 heterocycles. The number of nitrogens with zero attached hydrogens (tertiary/aromatic N) is 1. The Labute approximate surface area is 97.3 Å². The zero-order valence-corrected chi connectivity index (χ0v) is 9.20. The van der Waals surface area contributed by atoms with Crippen LogP contribution in [0.3, 0.4) is 0 Å². The largest absolute Gasteiger partial charge is 0.480 e. The number of aliphatic carboxylic acids is 1. The van der Waals surface area contributed by atoms with Crippen molar-refractivity contribution in [3.8, 4) is 6.07 Å². The maximum absolute atomic E-state index is 10.8. The molecular weight excluding hydrogens is 224 g/mol. The van der Waals surface area contributed by atoms with Gasteiger partial charge in [-0.1, -0.05) is 12.1 Å². The van der Waals surface area contributed by atoms with Gasteiger partial charge in [-0.3, -0.25) is 10.1 Å². The predicted octanol–water partition coefficient (Wildman–Crippen LogP) is 1.35. The van der Waals surface area contributed by atoms with Crippen LogP contribution in [0.4, 0.5) is 0 Å². The number of hydrogen-bond donors (Lipinski definition) is 2. The number of carboxylic acids is 1. The molecular formula is C11H10N2O2S. The van der Waals surface area contributed by atoms with Gasteiger partial charge in [0.2, 0.25) is 0 Å².